The lowest BCUT2D eigenvalue weighted by atomic mass is 10.1. The molecule has 0 aromatic heterocycles. The van der Waals surface area contributed by atoms with Crippen molar-refractivity contribution >= 4 is 9.84 Å². The van der Waals surface area contributed by atoms with Crippen LogP contribution in [0.5, 0.6) is 0 Å². The zero-order chi connectivity index (χ0) is 14.7. The second-order valence-electron chi connectivity index (χ2n) is 5.52. The number of benzene rings is 1. The van der Waals surface area contributed by atoms with E-state index in [4.69, 9.17) is 0 Å². The van der Waals surface area contributed by atoms with Gasteiger partial charge in [0.25, 0.3) is 0 Å². The van der Waals surface area contributed by atoms with Crippen LogP contribution >= 0.6 is 0 Å². The lowest BCUT2D eigenvalue weighted by molar-refractivity contribution is 0.181. The van der Waals surface area contributed by atoms with Gasteiger partial charge in [0.2, 0.25) is 0 Å². The fourth-order valence-electron chi connectivity index (χ4n) is 1.49. The predicted octanol–water partition coefficient (Wildman–Crippen LogP) is 1.35. The summed E-state index contributed by atoms with van der Waals surface area (Å²) in [6.45, 7) is 5.92. The minimum absolute atomic E-state index is 0.109. The Bertz CT molecular complexity index is 523. The summed E-state index contributed by atoms with van der Waals surface area (Å²) in [4.78, 5) is -0.109. The summed E-state index contributed by atoms with van der Waals surface area (Å²) in [6.07, 6.45) is -1.03. The lowest BCUT2D eigenvalue weighted by Crippen LogP contribution is -2.42. The van der Waals surface area contributed by atoms with Crippen LogP contribution in [0.3, 0.4) is 0 Å². The first-order valence-electron chi connectivity index (χ1n) is 6.01. The second kappa shape index (κ2) is 5.98. The smallest absolute Gasteiger partial charge is 0.181 e. The zero-order valence-electron chi connectivity index (χ0n) is 11.4. The molecule has 0 aliphatic rings. The Balaban J connectivity index is 2.70. The van der Waals surface area contributed by atoms with E-state index in [1.807, 2.05) is 20.8 Å². The molecule has 0 aliphatic carbocycles. The molecule has 19 heavy (non-hydrogen) atoms. The van der Waals surface area contributed by atoms with Crippen LogP contribution in [-0.2, 0) is 9.84 Å². The van der Waals surface area contributed by atoms with Crippen molar-refractivity contribution in [3.8, 4) is 0 Å². The minimum atomic E-state index is -3.68. The Kier molecular flexibility index (Phi) is 5.06. The van der Waals surface area contributed by atoms with Crippen molar-refractivity contribution < 1.29 is 17.9 Å². The molecular formula is C13H20FNO3S. The van der Waals surface area contributed by atoms with Crippen LogP contribution in [0.25, 0.3) is 0 Å². The molecule has 108 valence electrons. The zero-order valence-corrected chi connectivity index (χ0v) is 12.2. The highest BCUT2D eigenvalue weighted by Gasteiger charge is 2.21. The Hall–Kier alpha value is -0.980. The van der Waals surface area contributed by atoms with E-state index in [9.17, 15) is 17.9 Å². The average molecular weight is 289 g/mol. The first-order valence-corrected chi connectivity index (χ1v) is 7.67. The van der Waals surface area contributed by atoms with Gasteiger partial charge in [-0.15, -0.1) is 0 Å². The van der Waals surface area contributed by atoms with Gasteiger partial charge < -0.3 is 10.4 Å². The molecule has 0 amide bonds. The largest absolute Gasteiger partial charge is 0.391 e. The molecule has 0 fully saturated rings. The van der Waals surface area contributed by atoms with E-state index >= 15 is 0 Å². The van der Waals surface area contributed by atoms with Gasteiger partial charge in [-0.3, -0.25) is 0 Å². The van der Waals surface area contributed by atoms with Crippen LogP contribution in [-0.4, -0.2) is 37.5 Å². The van der Waals surface area contributed by atoms with Crippen molar-refractivity contribution in [1.29, 1.82) is 0 Å². The van der Waals surface area contributed by atoms with Crippen LogP contribution in [0.2, 0.25) is 0 Å². The highest BCUT2D eigenvalue weighted by molar-refractivity contribution is 7.91. The summed E-state index contributed by atoms with van der Waals surface area (Å²) in [5.74, 6) is -1.04. The standard InChI is InChI=1S/C13H20FNO3S/c1-13(2,3)15-8-11(16)9-19(17,18)12-6-4-5-10(14)7-12/h4-7,11,15-16H,8-9H2,1-3H3. The summed E-state index contributed by atoms with van der Waals surface area (Å²) < 4.78 is 36.9. The Morgan fingerprint density at radius 3 is 2.53 bits per heavy atom. The predicted molar refractivity (Wildman–Crippen MR) is 72.2 cm³/mol. The quantitative estimate of drug-likeness (QED) is 0.858. The molecule has 1 aromatic carbocycles. The van der Waals surface area contributed by atoms with Gasteiger partial charge in [-0.05, 0) is 39.0 Å². The molecule has 0 heterocycles. The normalized spacial score (nSPS) is 14.4. The van der Waals surface area contributed by atoms with Gasteiger partial charge in [0.15, 0.2) is 9.84 Å². The fraction of sp³-hybridized carbons (Fsp3) is 0.538. The highest BCUT2D eigenvalue weighted by Crippen LogP contribution is 2.13. The number of nitrogens with one attached hydrogen (secondary N) is 1. The third-order valence-corrected chi connectivity index (χ3v) is 4.23. The lowest BCUT2D eigenvalue weighted by Gasteiger charge is -2.22. The van der Waals surface area contributed by atoms with Crippen molar-refractivity contribution in [3.63, 3.8) is 0 Å². The van der Waals surface area contributed by atoms with Crippen molar-refractivity contribution in [1.82, 2.24) is 5.32 Å². The molecule has 6 heteroatoms. The molecule has 1 unspecified atom stereocenters. The SMILES string of the molecule is CC(C)(C)NCC(O)CS(=O)(=O)c1cccc(F)c1. The molecule has 0 spiro atoms. The van der Waals surface area contributed by atoms with E-state index in [1.54, 1.807) is 0 Å². The maximum Gasteiger partial charge on any atom is 0.181 e. The van der Waals surface area contributed by atoms with Crippen molar-refractivity contribution in [2.45, 2.75) is 37.3 Å². The molecule has 4 nitrogen and oxygen atoms in total. The van der Waals surface area contributed by atoms with Gasteiger partial charge >= 0.3 is 0 Å². The Morgan fingerprint density at radius 2 is 2.00 bits per heavy atom. The third-order valence-electron chi connectivity index (χ3n) is 2.44. The first-order chi connectivity index (χ1) is 8.60. The van der Waals surface area contributed by atoms with E-state index in [2.05, 4.69) is 5.32 Å². The maximum absolute atomic E-state index is 13.0. The molecule has 0 saturated heterocycles. The molecule has 1 aromatic rings. The van der Waals surface area contributed by atoms with Gasteiger partial charge in [-0.25, -0.2) is 12.8 Å². The number of hydrogen-bond donors (Lipinski definition) is 2. The Morgan fingerprint density at radius 1 is 1.37 bits per heavy atom. The van der Waals surface area contributed by atoms with E-state index in [1.165, 1.54) is 18.2 Å². The molecule has 0 saturated carbocycles. The van der Waals surface area contributed by atoms with Crippen LogP contribution in [0.15, 0.2) is 29.2 Å². The molecule has 0 aliphatic heterocycles. The molecule has 0 radical (unpaired) electrons. The molecule has 1 rings (SSSR count). The van der Waals surface area contributed by atoms with Gasteiger partial charge in [-0.1, -0.05) is 6.07 Å². The van der Waals surface area contributed by atoms with Gasteiger partial charge in [0.05, 0.1) is 16.8 Å². The third kappa shape index (κ3) is 5.67. The molecule has 2 N–H and O–H groups in total. The van der Waals surface area contributed by atoms with E-state index < -0.39 is 27.5 Å². The van der Waals surface area contributed by atoms with E-state index in [0.717, 1.165) is 6.07 Å². The Labute approximate surface area is 113 Å². The summed E-state index contributed by atoms with van der Waals surface area (Å²) in [5.41, 5.74) is -0.205. The minimum Gasteiger partial charge on any atom is -0.391 e. The molecule has 1 atom stereocenters. The first kappa shape index (κ1) is 16.1. The van der Waals surface area contributed by atoms with Gasteiger partial charge in [0.1, 0.15) is 5.82 Å². The van der Waals surface area contributed by atoms with Crippen LogP contribution < -0.4 is 5.32 Å². The maximum atomic E-state index is 13.0. The van der Waals surface area contributed by atoms with Crippen LogP contribution in [0.4, 0.5) is 4.39 Å². The van der Waals surface area contributed by atoms with E-state index in [0.29, 0.717) is 0 Å². The second-order valence-corrected chi connectivity index (χ2v) is 7.56. The average Bonchev–Trinajstić information content (AvgIpc) is 2.25. The van der Waals surface area contributed by atoms with Crippen molar-refractivity contribution in [2.24, 2.45) is 0 Å². The summed E-state index contributed by atoms with van der Waals surface area (Å²) in [6, 6.07) is 4.79. The van der Waals surface area contributed by atoms with Gasteiger partial charge in [-0.2, -0.15) is 0 Å². The fourth-order valence-corrected chi connectivity index (χ4v) is 2.89. The molecule has 0 bridgehead atoms. The molecular weight excluding hydrogens is 269 g/mol. The number of aliphatic hydroxyl groups excluding tert-OH is 1. The number of rotatable bonds is 5. The summed E-state index contributed by atoms with van der Waals surface area (Å²) in [7, 11) is -3.68. The number of sulfone groups is 1. The number of β-amino-alcohol motifs (C(OH)–C–C–N with tert-alkyl or cyclic N) is 1. The van der Waals surface area contributed by atoms with Crippen LogP contribution in [0.1, 0.15) is 20.8 Å². The van der Waals surface area contributed by atoms with Crippen molar-refractivity contribution in [3.05, 3.63) is 30.1 Å². The topological polar surface area (TPSA) is 66.4 Å². The highest BCUT2D eigenvalue weighted by atomic mass is 32.2. The monoisotopic (exact) mass is 289 g/mol. The number of aliphatic hydroxyl groups is 1. The number of halogens is 1. The van der Waals surface area contributed by atoms with Crippen molar-refractivity contribution in [2.75, 3.05) is 12.3 Å². The number of hydrogen-bond acceptors (Lipinski definition) is 4. The van der Waals surface area contributed by atoms with E-state index in [-0.39, 0.29) is 17.0 Å². The van der Waals surface area contributed by atoms with Gasteiger partial charge in [0, 0.05) is 12.1 Å². The van der Waals surface area contributed by atoms with Crippen LogP contribution in [0, 0.1) is 5.82 Å². The summed E-state index contributed by atoms with van der Waals surface area (Å²) >= 11 is 0. The summed E-state index contributed by atoms with van der Waals surface area (Å²) in [5, 5.41) is 12.8.